The van der Waals surface area contributed by atoms with Gasteiger partial charge in [-0.15, -0.1) is 0 Å². The third kappa shape index (κ3) is 2.29. The molecular weight excluding hydrogens is 266 g/mol. The molecule has 0 amide bonds. The first kappa shape index (κ1) is 11.6. The van der Waals surface area contributed by atoms with E-state index in [2.05, 4.69) is 9.97 Å². The summed E-state index contributed by atoms with van der Waals surface area (Å²) in [6.07, 6.45) is 0. The van der Waals surface area contributed by atoms with Gasteiger partial charge in [0.15, 0.2) is 0 Å². The van der Waals surface area contributed by atoms with Crippen molar-refractivity contribution in [2.24, 2.45) is 0 Å². The molecule has 0 unspecified atom stereocenters. The van der Waals surface area contributed by atoms with Crippen LogP contribution < -0.4 is 0 Å². The van der Waals surface area contributed by atoms with Crippen LogP contribution in [0.15, 0.2) is 24.3 Å². The highest BCUT2D eigenvalue weighted by Crippen LogP contribution is 2.28. The number of halogens is 3. The average Bonchev–Trinajstić information content (AvgIpc) is 2.23. The van der Waals surface area contributed by atoms with Gasteiger partial charge in [0.25, 0.3) is 0 Å². The van der Waals surface area contributed by atoms with Gasteiger partial charge in [0.2, 0.25) is 5.28 Å². The van der Waals surface area contributed by atoms with Crippen LogP contribution in [0.4, 0.5) is 0 Å². The Morgan fingerprint density at radius 1 is 1.06 bits per heavy atom. The summed E-state index contributed by atoms with van der Waals surface area (Å²) in [5.41, 5.74) is 2.36. The van der Waals surface area contributed by atoms with Gasteiger partial charge < -0.3 is 0 Å². The van der Waals surface area contributed by atoms with Crippen LogP contribution in [0.5, 0.6) is 0 Å². The first-order chi connectivity index (χ1) is 7.58. The van der Waals surface area contributed by atoms with E-state index in [4.69, 9.17) is 34.8 Å². The van der Waals surface area contributed by atoms with Crippen LogP contribution in [0.1, 0.15) is 5.56 Å². The molecule has 1 aromatic carbocycles. The van der Waals surface area contributed by atoms with E-state index in [1.54, 1.807) is 6.07 Å². The quantitative estimate of drug-likeness (QED) is 0.568. The van der Waals surface area contributed by atoms with Crippen LogP contribution in [0.25, 0.3) is 11.3 Å². The number of benzene rings is 1. The van der Waals surface area contributed by atoms with Gasteiger partial charge in [-0.2, -0.15) is 0 Å². The van der Waals surface area contributed by atoms with Gasteiger partial charge in [0, 0.05) is 16.1 Å². The highest BCUT2D eigenvalue weighted by molar-refractivity contribution is 6.33. The molecule has 1 aromatic heterocycles. The molecule has 0 radical (unpaired) electrons. The SMILES string of the molecule is Cc1c(Cl)nc(Cl)nc1-c1cccc(Cl)c1. The fraction of sp³-hybridized carbons (Fsp3) is 0.0909. The van der Waals surface area contributed by atoms with E-state index in [0.29, 0.717) is 15.9 Å². The van der Waals surface area contributed by atoms with Crippen molar-refractivity contribution < 1.29 is 0 Å². The summed E-state index contributed by atoms with van der Waals surface area (Å²) < 4.78 is 0. The molecule has 0 saturated carbocycles. The lowest BCUT2D eigenvalue weighted by Crippen LogP contribution is -1.93. The molecule has 0 saturated heterocycles. The average molecular weight is 274 g/mol. The summed E-state index contributed by atoms with van der Waals surface area (Å²) in [4.78, 5) is 8.02. The predicted octanol–water partition coefficient (Wildman–Crippen LogP) is 4.41. The maximum absolute atomic E-state index is 5.94. The zero-order valence-electron chi connectivity index (χ0n) is 8.34. The highest BCUT2D eigenvalue weighted by atomic mass is 35.5. The Kier molecular flexibility index (Phi) is 3.33. The van der Waals surface area contributed by atoms with E-state index < -0.39 is 0 Å². The zero-order chi connectivity index (χ0) is 11.7. The predicted molar refractivity (Wildman–Crippen MR) is 67.2 cm³/mol. The van der Waals surface area contributed by atoms with Crippen LogP contribution in [0.2, 0.25) is 15.5 Å². The molecule has 5 heteroatoms. The van der Waals surface area contributed by atoms with E-state index >= 15 is 0 Å². The molecule has 1 heterocycles. The number of hydrogen-bond donors (Lipinski definition) is 0. The summed E-state index contributed by atoms with van der Waals surface area (Å²) in [6, 6.07) is 7.35. The minimum absolute atomic E-state index is 0.130. The number of aromatic nitrogens is 2. The molecule has 0 atom stereocenters. The van der Waals surface area contributed by atoms with Crippen molar-refractivity contribution in [2.75, 3.05) is 0 Å². The molecule has 0 N–H and O–H groups in total. The fourth-order valence-corrected chi connectivity index (χ4v) is 1.95. The molecule has 0 aliphatic carbocycles. The Hall–Kier alpha value is -0.830. The lowest BCUT2D eigenvalue weighted by atomic mass is 10.1. The molecule has 82 valence electrons. The standard InChI is InChI=1S/C11H7Cl3N2/c1-6-9(15-11(14)16-10(6)13)7-3-2-4-8(12)5-7/h2-5H,1H3. The Labute approximate surface area is 108 Å². The molecule has 0 aliphatic rings. The van der Waals surface area contributed by atoms with Gasteiger partial charge in [0.05, 0.1) is 5.69 Å². The minimum Gasteiger partial charge on any atom is -0.218 e. The van der Waals surface area contributed by atoms with Gasteiger partial charge in [-0.1, -0.05) is 35.3 Å². The van der Waals surface area contributed by atoms with Gasteiger partial charge in [-0.05, 0) is 30.7 Å². The van der Waals surface area contributed by atoms with Crippen molar-refractivity contribution in [1.82, 2.24) is 9.97 Å². The van der Waals surface area contributed by atoms with E-state index in [9.17, 15) is 0 Å². The maximum atomic E-state index is 5.94. The zero-order valence-corrected chi connectivity index (χ0v) is 10.6. The summed E-state index contributed by atoms with van der Waals surface area (Å²) in [7, 11) is 0. The van der Waals surface area contributed by atoms with Gasteiger partial charge in [0.1, 0.15) is 5.15 Å². The van der Waals surface area contributed by atoms with Crippen LogP contribution in [0.3, 0.4) is 0 Å². The second kappa shape index (κ2) is 4.58. The molecule has 2 nitrogen and oxygen atoms in total. The van der Waals surface area contributed by atoms with Gasteiger partial charge in [-0.25, -0.2) is 9.97 Å². The molecule has 0 aliphatic heterocycles. The van der Waals surface area contributed by atoms with Crippen LogP contribution in [0, 0.1) is 6.92 Å². The second-order valence-corrected chi connectivity index (χ2v) is 4.40. The van der Waals surface area contributed by atoms with Crippen molar-refractivity contribution in [2.45, 2.75) is 6.92 Å². The second-order valence-electron chi connectivity index (χ2n) is 3.27. The summed E-state index contributed by atoms with van der Waals surface area (Å²) in [5.74, 6) is 0. The summed E-state index contributed by atoms with van der Waals surface area (Å²) in [5, 5.41) is 1.13. The Morgan fingerprint density at radius 3 is 2.50 bits per heavy atom. The van der Waals surface area contributed by atoms with Crippen molar-refractivity contribution >= 4 is 34.8 Å². The maximum Gasteiger partial charge on any atom is 0.224 e. The minimum atomic E-state index is 0.130. The third-order valence-electron chi connectivity index (χ3n) is 2.16. The molecule has 2 rings (SSSR count). The highest BCUT2D eigenvalue weighted by Gasteiger charge is 2.10. The number of hydrogen-bond acceptors (Lipinski definition) is 2. The van der Waals surface area contributed by atoms with Crippen LogP contribution in [-0.4, -0.2) is 9.97 Å². The molecule has 2 aromatic rings. The molecule has 0 spiro atoms. The fourth-order valence-electron chi connectivity index (χ4n) is 1.38. The van der Waals surface area contributed by atoms with Crippen molar-refractivity contribution in [1.29, 1.82) is 0 Å². The van der Waals surface area contributed by atoms with Crippen molar-refractivity contribution in [3.8, 4) is 11.3 Å². The first-order valence-electron chi connectivity index (χ1n) is 4.53. The molecule has 0 fully saturated rings. The summed E-state index contributed by atoms with van der Waals surface area (Å²) in [6.45, 7) is 1.84. The van der Waals surface area contributed by atoms with Crippen molar-refractivity contribution in [3.63, 3.8) is 0 Å². The smallest absolute Gasteiger partial charge is 0.218 e. The first-order valence-corrected chi connectivity index (χ1v) is 5.67. The normalized spacial score (nSPS) is 10.5. The van der Waals surface area contributed by atoms with E-state index in [0.717, 1.165) is 11.1 Å². The Morgan fingerprint density at radius 2 is 1.81 bits per heavy atom. The van der Waals surface area contributed by atoms with E-state index in [1.807, 2.05) is 25.1 Å². The largest absolute Gasteiger partial charge is 0.224 e. The number of rotatable bonds is 1. The van der Waals surface area contributed by atoms with Crippen LogP contribution >= 0.6 is 34.8 Å². The lowest BCUT2D eigenvalue weighted by Gasteiger charge is -2.06. The molecular formula is C11H7Cl3N2. The van der Waals surface area contributed by atoms with Crippen molar-refractivity contribution in [3.05, 3.63) is 45.3 Å². The lowest BCUT2D eigenvalue weighted by molar-refractivity contribution is 1.13. The molecule has 16 heavy (non-hydrogen) atoms. The van der Waals surface area contributed by atoms with Gasteiger partial charge >= 0.3 is 0 Å². The monoisotopic (exact) mass is 272 g/mol. The molecule has 0 bridgehead atoms. The third-order valence-corrected chi connectivity index (χ3v) is 2.93. The topological polar surface area (TPSA) is 25.8 Å². The summed E-state index contributed by atoms with van der Waals surface area (Å²) >= 11 is 17.6. The Bertz CT molecular complexity index is 541. The Balaban J connectivity index is 2.64. The van der Waals surface area contributed by atoms with Crippen LogP contribution in [-0.2, 0) is 0 Å². The van der Waals surface area contributed by atoms with Gasteiger partial charge in [-0.3, -0.25) is 0 Å². The van der Waals surface area contributed by atoms with E-state index in [-0.39, 0.29) is 5.28 Å². The number of nitrogens with zero attached hydrogens (tertiary/aromatic N) is 2. The van der Waals surface area contributed by atoms with E-state index in [1.165, 1.54) is 0 Å².